The Morgan fingerprint density at radius 1 is 1.14 bits per heavy atom. The van der Waals surface area contributed by atoms with Gasteiger partial charge >= 0.3 is 0 Å². The van der Waals surface area contributed by atoms with E-state index >= 15 is 4.39 Å². The van der Waals surface area contributed by atoms with Crippen molar-refractivity contribution in [2.75, 3.05) is 0 Å². The van der Waals surface area contributed by atoms with Gasteiger partial charge in [-0.15, -0.1) is 10.2 Å². The maximum absolute atomic E-state index is 15.1. The predicted molar refractivity (Wildman–Crippen MR) is 126 cm³/mol. The number of aryl methyl sites for hydroxylation is 1. The summed E-state index contributed by atoms with van der Waals surface area (Å²) in [5.41, 5.74) is 4.42. The molecule has 0 saturated heterocycles. The number of rotatable bonds is 8. The Balaban J connectivity index is 1.16. The molecule has 1 amide bonds. The lowest BCUT2D eigenvalue weighted by Gasteiger charge is -2.13. The Morgan fingerprint density at radius 3 is 2.81 bits per heavy atom. The van der Waals surface area contributed by atoms with Crippen LogP contribution in [0.15, 0.2) is 49.2 Å². The normalized spacial score (nSPS) is 13.4. The molecule has 1 aliphatic carbocycles. The molecule has 1 saturated carbocycles. The molecule has 4 heterocycles. The van der Waals surface area contributed by atoms with E-state index in [1.54, 1.807) is 23.0 Å². The first-order valence-corrected chi connectivity index (χ1v) is 11.8. The van der Waals surface area contributed by atoms with E-state index in [2.05, 4.69) is 48.4 Å². The van der Waals surface area contributed by atoms with Crippen LogP contribution >= 0.6 is 0 Å². The van der Waals surface area contributed by atoms with Crippen LogP contribution < -0.4 is 5.32 Å². The van der Waals surface area contributed by atoms with Gasteiger partial charge < -0.3 is 9.72 Å². The molecule has 12 heteroatoms. The third-order valence-corrected chi connectivity index (χ3v) is 6.37. The number of tetrazole rings is 1. The van der Waals surface area contributed by atoms with E-state index in [0.29, 0.717) is 30.1 Å². The summed E-state index contributed by atoms with van der Waals surface area (Å²) in [7, 11) is 0. The third kappa shape index (κ3) is 4.21. The van der Waals surface area contributed by atoms with Crippen LogP contribution in [0, 0.1) is 5.82 Å². The van der Waals surface area contributed by atoms with E-state index in [-0.39, 0.29) is 17.8 Å². The first-order chi connectivity index (χ1) is 17.6. The molecule has 36 heavy (non-hydrogen) atoms. The fraction of sp³-hybridized carbons (Fsp3) is 0.292. The topological polar surface area (TPSA) is 121 Å². The summed E-state index contributed by atoms with van der Waals surface area (Å²) in [6, 6.07) is 7.58. The van der Waals surface area contributed by atoms with Crippen LogP contribution in [0.1, 0.15) is 58.6 Å². The van der Waals surface area contributed by atoms with Crippen LogP contribution in [0.2, 0.25) is 0 Å². The molecule has 0 atom stereocenters. The molecule has 0 bridgehead atoms. The summed E-state index contributed by atoms with van der Waals surface area (Å²) >= 11 is 0. The number of nitrogens with zero attached hydrogens (tertiary/aromatic N) is 9. The van der Waals surface area contributed by atoms with E-state index in [4.69, 9.17) is 0 Å². The molecule has 4 aromatic heterocycles. The van der Waals surface area contributed by atoms with Crippen molar-refractivity contribution in [3.63, 3.8) is 0 Å². The molecule has 0 aliphatic heterocycles. The van der Waals surface area contributed by atoms with E-state index in [1.165, 1.54) is 29.4 Å². The monoisotopic (exact) mass is 486 g/mol. The van der Waals surface area contributed by atoms with Gasteiger partial charge in [-0.3, -0.25) is 4.79 Å². The molecular weight excluding hydrogens is 463 g/mol. The minimum absolute atomic E-state index is 0.0592. The number of aromatic nitrogens is 9. The number of halogens is 1. The number of carbonyl (C=O) groups is 1. The fourth-order valence-corrected chi connectivity index (χ4v) is 4.29. The van der Waals surface area contributed by atoms with Crippen LogP contribution in [-0.2, 0) is 19.5 Å². The minimum Gasteiger partial charge on any atom is -0.346 e. The standard InChI is InChI=1S/C24H23FN10O/c1-2-15-5-7-21(35-14-27-30-32-35)19(23(15)25)9-26-24(36)20-13-34(31-29-20)12-18-11-33-10-17(16-3-4-16)6-8-22(33)28-18/h5-8,10-11,13-14,16H,2-4,9,12H2,1H3,(H,26,36). The Morgan fingerprint density at radius 2 is 2.03 bits per heavy atom. The van der Waals surface area contributed by atoms with Gasteiger partial charge in [0.05, 0.1) is 24.1 Å². The molecule has 0 radical (unpaired) electrons. The van der Waals surface area contributed by atoms with Crippen molar-refractivity contribution in [2.24, 2.45) is 0 Å². The first kappa shape index (κ1) is 22.0. The number of nitrogens with one attached hydrogen (secondary N) is 1. The quantitative estimate of drug-likeness (QED) is 0.358. The fourth-order valence-electron chi connectivity index (χ4n) is 4.29. The largest absolute Gasteiger partial charge is 0.346 e. The summed E-state index contributed by atoms with van der Waals surface area (Å²) in [4.78, 5) is 17.4. The van der Waals surface area contributed by atoms with Crippen LogP contribution in [0.4, 0.5) is 4.39 Å². The highest BCUT2D eigenvalue weighted by Gasteiger charge is 2.24. The number of hydrogen-bond donors (Lipinski definition) is 1. The highest BCUT2D eigenvalue weighted by molar-refractivity contribution is 5.91. The van der Waals surface area contributed by atoms with E-state index < -0.39 is 11.7 Å². The first-order valence-electron chi connectivity index (χ1n) is 11.8. The van der Waals surface area contributed by atoms with E-state index in [1.807, 2.05) is 23.6 Å². The SMILES string of the molecule is CCc1ccc(-n2cnnn2)c(CNC(=O)c2cn(Cc3cn4cc(C5CC5)ccc4n3)nn2)c1F. The van der Waals surface area contributed by atoms with Gasteiger partial charge in [0.1, 0.15) is 17.8 Å². The number of pyridine rings is 1. The van der Waals surface area contributed by atoms with Crippen LogP contribution in [0.25, 0.3) is 11.3 Å². The van der Waals surface area contributed by atoms with Gasteiger partial charge in [-0.2, -0.15) is 0 Å². The third-order valence-electron chi connectivity index (χ3n) is 6.37. The number of fused-ring (bicyclic) bond motifs is 1. The summed E-state index contributed by atoms with van der Waals surface area (Å²) < 4.78 is 20.1. The summed E-state index contributed by atoms with van der Waals surface area (Å²) in [6.07, 6.45) is 10.0. The van der Waals surface area contributed by atoms with E-state index in [9.17, 15) is 4.79 Å². The van der Waals surface area contributed by atoms with Crippen LogP contribution in [-0.4, -0.2) is 50.5 Å². The second kappa shape index (κ2) is 8.95. The smallest absolute Gasteiger partial charge is 0.273 e. The van der Waals surface area contributed by atoms with E-state index in [0.717, 1.165) is 11.3 Å². The highest BCUT2D eigenvalue weighted by atomic mass is 19.1. The predicted octanol–water partition coefficient (Wildman–Crippen LogP) is 2.46. The number of carbonyl (C=O) groups excluding carboxylic acids is 1. The van der Waals surface area contributed by atoms with Crippen molar-refractivity contribution < 1.29 is 9.18 Å². The van der Waals surface area contributed by atoms with Crippen molar-refractivity contribution in [3.05, 3.63) is 83.1 Å². The lowest BCUT2D eigenvalue weighted by Crippen LogP contribution is -2.25. The molecule has 1 aliphatic rings. The maximum atomic E-state index is 15.1. The summed E-state index contributed by atoms with van der Waals surface area (Å²) in [5.74, 6) is -0.195. The Bertz CT molecular complexity index is 1550. The summed E-state index contributed by atoms with van der Waals surface area (Å²) in [6.45, 7) is 2.18. The minimum atomic E-state index is -0.464. The molecular formula is C24H23FN10O. The number of imidazole rings is 1. The van der Waals surface area contributed by atoms with Gasteiger partial charge in [0.15, 0.2) is 5.69 Å². The lowest BCUT2D eigenvalue weighted by atomic mass is 10.0. The van der Waals surface area contributed by atoms with Crippen molar-refractivity contribution in [1.82, 2.24) is 49.9 Å². The van der Waals surface area contributed by atoms with Gasteiger partial charge in [-0.05, 0) is 58.9 Å². The molecule has 5 aromatic rings. The summed E-state index contributed by atoms with van der Waals surface area (Å²) in [5, 5.41) is 21.9. The van der Waals surface area contributed by atoms with Gasteiger partial charge in [-0.1, -0.05) is 24.3 Å². The number of amides is 1. The number of hydrogen-bond acceptors (Lipinski definition) is 7. The van der Waals surface area contributed by atoms with Gasteiger partial charge in [0.2, 0.25) is 0 Å². The molecule has 1 fully saturated rings. The molecule has 182 valence electrons. The Hall–Kier alpha value is -4.48. The highest BCUT2D eigenvalue weighted by Crippen LogP contribution is 2.39. The molecule has 0 spiro atoms. The van der Waals surface area contributed by atoms with Crippen molar-refractivity contribution in [1.29, 1.82) is 0 Å². The molecule has 1 N–H and O–H groups in total. The molecule has 0 unspecified atom stereocenters. The van der Waals surface area contributed by atoms with Crippen LogP contribution in [0.3, 0.4) is 0 Å². The molecule has 1 aromatic carbocycles. The Labute approximate surface area is 205 Å². The zero-order chi connectivity index (χ0) is 24.6. The second-order valence-electron chi connectivity index (χ2n) is 8.86. The van der Waals surface area contributed by atoms with Crippen molar-refractivity contribution in [3.8, 4) is 5.69 Å². The van der Waals surface area contributed by atoms with Crippen LogP contribution in [0.5, 0.6) is 0 Å². The van der Waals surface area contributed by atoms with Crippen molar-refractivity contribution >= 4 is 11.6 Å². The van der Waals surface area contributed by atoms with Crippen molar-refractivity contribution in [2.45, 2.75) is 45.2 Å². The average molecular weight is 487 g/mol. The second-order valence-corrected chi connectivity index (χ2v) is 8.86. The zero-order valence-corrected chi connectivity index (χ0v) is 19.5. The lowest BCUT2D eigenvalue weighted by molar-refractivity contribution is 0.0945. The van der Waals surface area contributed by atoms with Gasteiger partial charge in [0.25, 0.3) is 5.91 Å². The Kier molecular flexibility index (Phi) is 5.47. The molecule has 6 rings (SSSR count). The zero-order valence-electron chi connectivity index (χ0n) is 19.5. The average Bonchev–Trinajstić information content (AvgIpc) is 3.24. The maximum Gasteiger partial charge on any atom is 0.273 e. The van der Waals surface area contributed by atoms with Gasteiger partial charge in [-0.25, -0.2) is 18.7 Å². The van der Waals surface area contributed by atoms with Gasteiger partial charge in [0, 0.05) is 24.5 Å². The number of benzene rings is 1. The molecule has 11 nitrogen and oxygen atoms in total.